The molecule has 2 aliphatic rings. The highest BCUT2D eigenvalue weighted by Crippen LogP contribution is 2.38. The minimum Gasteiger partial charge on any atom is -0.446 e. The van der Waals surface area contributed by atoms with Gasteiger partial charge in [-0.25, -0.2) is 4.79 Å². The van der Waals surface area contributed by atoms with E-state index in [2.05, 4.69) is 20.6 Å². The lowest BCUT2D eigenvalue weighted by Crippen LogP contribution is -2.59. The maximum atomic E-state index is 12.3. The lowest BCUT2D eigenvalue weighted by Gasteiger charge is -2.42. The van der Waals surface area contributed by atoms with Crippen LogP contribution in [0.3, 0.4) is 0 Å². The fraction of sp³-hybridized carbons (Fsp3) is 0.429. The first-order valence-electron chi connectivity index (χ1n) is 7.11. The molecular weight excluding hydrogens is 286 g/mol. The number of ether oxygens (including phenoxy) is 2. The van der Waals surface area contributed by atoms with Crippen LogP contribution in [0.25, 0.3) is 0 Å². The molecule has 0 saturated carbocycles. The van der Waals surface area contributed by atoms with Crippen molar-refractivity contribution in [1.29, 1.82) is 0 Å². The number of nitrogens with zero attached hydrogens (tertiary/aromatic N) is 4. The number of aromatic nitrogens is 4. The number of amides is 1. The Balaban J connectivity index is 1.68. The molecule has 1 amide bonds. The van der Waals surface area contributed by atoms with Gasteiger partial charge in [0.2, 0.25) is 5.82 Å². The summed E-state index contributed by atoms with van der Waals surface area (Å²) in [5.41, 5.74) is 0.349. The van der Waals surface area contributed by atoms with Crippen molar-refractivity contribution in [2.24, 2.45) is 0 Å². The maximum Gasteiger partial charge on any atom is 0.411 e. The van der Waals surface area contributed by atoms with Crippen LogP contribution in [0.4, 0.5) is 4.79 Å². The summed E-state index contributed by atoms with van der Waals surface area (Å²) in [5, 5.41) is 14.1. The Hall–Kier alpha value is -2.48. The number of tetrazole rings is 1. The number of cyclic esters (lactones) is 1. The molecule has 3 heterocycles. The van der Waals surface area contributed by atoms with Gasteiger partial charge in [-0.1, -0.05) is 35.5 Å². The fourth-order valence-corrected chi connectivity index (χ4v) is 3.18. The van der Waals surface area contributed by atoms with Gasteiger partial charge in [-0.05, 0) is 12.0 Å². The second-order valence-electron chi connectivity index (χ2n) is 5.55. The molecular formula is C14H15N5O3. The van der Waals surface area contributed by atoms with Gasteiger partial charge in [-0.15, -0.1) is 10.2 Å². The van der Waals surface area contributed by atoms with E-state index in [-0.39, 0.29) is 18.7 Å². The summed E-state index contributed by atoms with van der Waals surface area (Å²) in [7, 11) is 0. The Labute approximate surface area is 126 Å². The average molecular weight is 301 g/mol. The molecule has 1 N–H and O–H groups in total. The molecule has 0 bridgehead atoms. The molecule has 2 fully saturated rings. The minimum atomic E-state index is -0.790. The van der Waals surface area contributed by atoms with Crippen molar-refractivity contribution >= 4 is 6.09 Å². The number of fused-ring (bicyclic) bond motifs is 1. The van der Waals surface area contributed by atoms with Gasteiger partial charge in [-0.3, -0.25) is 4.90 Å². The lowest BCUT2D eigenvalue weighted by atomic mass is 9.93. The number of hydrogen-bond acceptors (Lipinski definition) is 6. The van der Waals surface area contributed by atoms with Crippen LogP contribution in [-0.2, 0) is 21.4 Å². The molecule has 2 atom stereocenters. The largest absolute Gasteiger partial charge is 0.446 e. The van der Waals surface area contributed by atoms with E-state index in [4.69, 9.17) is 9.47 Å². The summed E-state index contributed by atoms with van der Waals surface area (Å²) in [6.45, 7) is 0.948. The predicted molar refractivity (Wildman–Crippen MR) is 73.8 cm³/mol. The standard InChI is InChI=1S/C14H15N5O3/c20-13-19-11(6-10-4-2-1-3-5-10)7-21-8-14(19,9-22-13)12-15-17-18-16-12/h1-5,11H,6-9H2,(H,15,16,17,18)/t11-,14-/m0/s1. The lowest BCUT2D eigenvalue weighted by molar-refractivity contribution is -0.0691. The molecule has 1 aromatic heterocycles. The first-order chi connectivity index (χ1) is 10.8. The number of aromatic amines is 1. The quantitative estimate of drug-likeness (QED) is 0.886. The second-order valence-corrected chi connectivity index (χ2v) is 5.55. The molecule has 2 saturated heterocycles. The normalized spacial score (nSPS) is 27.5. The van der Waals surface area contributed by atoms with Crippen molar-refractivity contribution in [3.8, 4) is 0 Å². The van der Waals surface area contributed by atoms with Crippen LogP contribution in [0.5, 0.6) is 0 Å². The molecule has 4 rings (SSSR count). The second kappa shape index (κ2) is 5.06. The highest BCUT2D eigenvalue weighted by Gasteiger charge is 2.57. The molecule has 2 aliphatic heterocycles. The van der Waals surface area contributed by atoms with Gasteiger partial charge in [0.05, 0.1) is 19.3 Å². The third kappa shape index (κ3) is 1.95. The van der Waals surface area contributed by atoms with Crippen LogP contribution >= 0.6 is 0 Å². The van der Waals surface area contributed by atoms with Crippen LogP contribution < -0.4 is 0 Å². The van der Waals surface area contributed by atoms with Gasteiger partial charge in [0.25, 0.3) is 0 Å². The third-order valence-electron chi connectivity index (χ3n) is 4.18. The maximum absolute atomic E-state index is 12.3. The van der Waals surface area contributed by atoms with Gasteiger partial charge in [-0.2, -0.15) is 5.21 Å². The van der Waals surface area contributed by atoms with Gasteiger partial charge >= 0.3 is 6.09 Å². The molecule has 0 spiro atoms. The first-order valence-corrected chi connectivity index (χ1v) is 7.11. The number of carbonyl (C=O) groups is 1. The molecule has 0 unspecified atom stereocenters. The molecule has 0 aliphatic carbocycles. The Morgan fingerprint density at radius 3 is 2.95 bits per heavy atom. The third-order valence-corrected chi connectivity index (χ3v) is 4.18. The van der Waals surface area contributed by atoms with Crippen LogP contribution in [0.2, 0.25) is 0 Å². The van der Waals surface area contributed by atoms with Crippen LogP contribution in [0.15, 0.2) is 30.3 Å². The number of nitrogens with one attached hydrogen (secondary N) is 1. The van der Waals surface area contributed by atoms with Crippen LogP contribution in [-0.4, -0.2) is 57.5 Å². The summed E-state index contributed by atoms with van der Waals surface area (Å²) in [5.74, 6) is 0.427. The highest BCUT2D eigenvalue weighted by atomic mass is 16.6. The first kappa shape index (κ1) is 13.2. The minimum absolute atomic E-state index is 0.121. The van der Waals surface area contributed by atoms with Crippen LogP contribution in [0, 0.1) is 0 Å². The monoisotopic (exact) mass is 301 g/mol. The summed E-state index contributed by atoms with van der Waals surface area (Å²) >= 11 is 0. The molecule has 1 aromatic carbocycles. The van der Waals surface area contributed by atoms with Crippen molar-refractivity contribution in [2.45, 2.75) is 18.0 Å². The van der Waals surface area contributed by atoms with E-state index in [1.807, 2.05) is 30.3 Å². The Kier molecular flexibility index (Phi) is 3.04. The zero-order valence-corrected chi connectivity index (χ0v) is 11.8. The van der Waals surface area contributed by atoms with Crippen molar-refractivity contribution in [3.63, 3.8) is 0 Å². The van der Waals surface area contributed by atoms with E-state index in [9.17, 15) is 4.79 Å². The average Bonchev–Trinajstić information content (AvgIpc) is 3.18. The van der Waals surface area contributed by atoms with Gasteiger partial charge in [0, 0.05) is 0 Å². The molecule has 0 radical (unpaired) electrons. The van der Waals surface area contributed by atoms with E-state index < -0.39 is 5.54 Å². The Bertz CT molecular complexity index is 662. The van der Waals surface area contributed by atoms with Crippen molar-refractivity contribution in [3.05, 3.63) is 41.7 Å². The van der Waals surface area contributed by atoms with E-state index in [1.54, 1.807) is 4.90 Å². The topological polar surface area (TPSA) is 93.2 Å². The molecule has 8 nitrogen and oxygen atoms in total. The van der Waals surface area contributed by atoms with E-state index in [0.717, 1.165) is 5.56 Å². The van der Waals surface area contributed by atoms with Crippen LogP contribution in [0.1, 0.15) is 11.4 Å². The predicted octanol–water partition coefficient (Wildman–Crippen LogP) is 0.489. The number of benzene rings is 1. The van der Waals surface area contributed by atoms with Crippen molar-refractivity contribution in [1.82, 2.24) is 25.5 Å². The number of carbonyl (C=O) groups excluding carboxylic acids is 1. The highest BCUT2D eigenvalue weighted by molar-refractivity contribution is 5.72. The van der Waals surface area contributed by atoms with Gasteiger partial charge < -0.3 is 9.47 Å². The molecule has 22 heavy (non-hydrogen) atoms. The Morgan fingerprint density at radius 2 is 2.18 bits per heavy atom. The zero-order valence-electron chi connectivity index (χ0n) is 11.8. The number of H-pyrrole nitrogens is 1. The number of morpholine rings is 1. The fourth-order valence-electron chi connectivity index (χ4n) is 3.18. The molecule has 114 valence electrons. The summed E-state index contributed by atoms with van der Waals surface area (Å²) < 4.78 is 11.0. The summed E-state index contributed by atoms with van der Waals surface area (Å²) in [6, 6.07) is 9.87. The smallest absolute Gasteiger partial charge is 0.411 e. The van der Waals surface area contributed by atoms with Crippen molar-refractivity contribution < 1.29 is 14.3 Å². The number of hydrogen-bond donors (Lipinski definition) is 1. The van der Waals surface area contributed by atoms with E-state index in [0.29, 0.717) is 25.5 Å². The van der Waals surface area contributed by atoms with Crippen molar-refractivity contribution in [2.75, 3.05) is 19.8 Å². The van der Waals surface area contributed by atoms with Gasteiger partial charge in [0.1, 0.15) is 6.61 Å². The Morgan fingerprint density at radius 1 is 1.32 bits per heavy atom. The summed E-state index contributed by atoms with van der Waals surface area (Å²) in [4.78, 5) is 14.0. The van der Waals surface area contributed by atoms with E-state index in [1.165, 1.54) is 0 Å². The molecule has 2 aromatic rings. The number of rotatable bonds is 3. The SMILES string of the molecule is O=C1OC[C@]2(c3nn[nH]n3)COC[C@H](Cc3ccccc3)N12. The zero-order chi connectivity index (χ0) is 15.0. The molecule has 8 heteroatoms. The van der Waals surface area contributed by atoms with Gasteiger partial charge in [0.15, 0.2) is 5.54 Å². The summed E-state index contributed by atoms with van der Waals surface area (Å²) in [6.07, 6.45) is 0.337. The van der Waals surface area contributed by atoms with E-state index >= 15 is 0 Å².